The highest BCUT2D eigenvalue weighted by molar-refractivity contribution is 7.17. The predicted molar refractivity (Wildman–Crippen MR) is 154 cm³/mol. The number of primary amides is 1. The molecule has 2 aliphatic heterocycles. The summed E-state index contributed by atoms with van der Waals surface area (Å²) in [4.78, 5) is 48.7. The zero-order valence-electron chi connectivity index (χ0n) is 21.2. The van der Waals surface area contributed by atoms with E-state index in [0.717, 1.165) is 47.6 Å². The normalized spacial score (nSPS) is 14.4. The second-order valence-corrected chi connectivity index (χ2v) is 10.7. The first-order valence-electron chi connectivity index (χ1n) is 12.9. The van der Waals surface area contributed by atoms with E-state index in [-0.39, 0.29) is 11.8 Å². The average molecular weight is 538 g/mol. The Kier molecular flexibility index (Phi) is 6.58. The molecule has 2 aromatic carbocycles. The Morgan fingerprint density at radius 1 is 0.923 bits per heavy atom. The number of pyridine rings is 1. The summed E-state index contributed by atoms with van der Waals surface area (Å²) in [5, 5.41) is 2.96. The van der Waals surface area contributed by atoms with Crippen molar-refractivity contribution in [3.05, 3.63) is 94.5 Å². The highest BCUT2D eigenvalue weighted by Crippen LogP contribution is 2.41. The third-order valence-electron chi connectivity index (χ3n) is 7.15. The Bertz CT molecular complexity index is 1590. The number of carbonyl (C=O) groups is 3. The van der Waals surface area contributed by atoms with Crippen LogP contribution in [0.2, 0.25) is 0 Å². The predicted octanol–water partition coefficient (Wildman–Crippen LogP) is 4.96. The molecule has 2 aromatic heterocycles. The van der Waals surface area contributed by atoms with Gasteiger partial charge in [0.15, 0.2) is 0 Å². The highest BCUT2D eigenvalue weighted by atomic mass is 32.1. The quantitative estimate of drug-likeness (QED) is 0.374. The van der Waals surface area contributed by atoms with Crippen molar-refractivity contribution in [1.29, 1.82) is 0 Å². The van der Waals surface area contributed by atoms with Crippen molar-refractivity contribution in [1.82, 2.24) is 4.98 Å². The summed E-state index contributed by atoms with van der Waals surface area (Å²) >= 11 is 1.36. The molecule has 1 saturated heterocycles. The minimum atomic E-state index is -0.448. The van der Waals surface area contributed by atoms with Gasteiger partial charge in [-0.05, 0) is 67.3 Å². The molecule has 0 atom stereocenters. The molecule has 0 radical (unpaired) electrons. The molecule has 0 saturated carbocycles. The van der Waals surface area contributed by atoms with Gasteiger partial charge in [0.1, 0.15) is 5.82 Å². The summed E-state index contributed by atoms with van der Waals surface area (Å²) in [6, 6.07) is 20.1. The van der Waals surface area contributed by atoms with E-state index < -0.39 is 5.91 Å². The van der Waals surface area contributed by atoms with Crippen LogP contribution in [0.4, 0.5) is 17.2 Å². The molecule has 0 aliphatic carbocycles. The molecule has 6 rings (SSSR count). The number of nitrogens with zero attached hydrogens (tertiary/aromatic N) is 3. The fourth-order valence-corrected chi connectivity index (χ4v) is 6.36. The van der Waals surface area contributed by atoms with Crippen LogP contribution in [0.3, 0.4) is 0 Å². The highest BCUT2D eigenvalue weighted by Gasteiger charge is 2.27. The number of thiophene rings is 1. The third kappa shape index (κ3) is 4.77. The second kappa shape index (κ2) is 10.3. The van der Waals surface area contributed by atoms with Gasteiger partial charge in [0.2, 0.25) is 0 Å². The molecule has 3 N–H and O–H groups in total. The fraction of sp³-hybridized carbons (Fsp3) is 0.200. The Morgan fingerprint density at radius 2 is 1.74 bits per heavy atom. The summed E-state index contributed by atoms with van der Waals surface area (Å²) in [6.45, 7) is 2.22. The molecular formula is C30H27N5O3S. The van der Waals surface area contributed by atoms with E-state index >= 15 is 0 Å². The SMILES string of the molecule is NC(=O)c1cc2c(s1)-c1ccccc1N(C(=O)c1cccc(NC(=O)c3cccnc3N3CCCC3)c1)CC2. The van der Waals surface area contributed by atoms with Gasteiger partial charge < -0.3 is 20.9 Å². The third-order valence-corrected chi connectivity index (χ3v) is 8.37. The van der Waals surface area contributed by atoms with Crippen LogP contribution >= 0.6 is 11.3 Å². The number of hydrogen-bond acceptors (Lipinski definition) is 6. The summed E-state index contributed by atoms with van der Waals surface area (Å²) in [6.07, 6.45) is 4.47. The number of rotatable bonds is 5. The van der Waals surface area contributed by atoms with Crippen LogP contribution in [-0.2, 0) is 6.42 Å². The van der Waals surface area contributed by atoms with E-state index in [4.69, 9.17) is 5.73 Å². The molecule has 4 heterocycles. The first-order chi connectivity index (χ1) is 19.0. The van der Waals surface area contributed by atoms with Gasteiger partial charge >= 0.3 is 0 Å². The maximum Gasteiger partial charge on any atom is 0.259 e. The van der Waals surface area contributed by atoms with Gasteiger partial charge in [-0.15, -0.1) is 11.3 Å². The van der Waals surface area contributed by atoms with E-state index in [9.17, 15) is 14.4 Å². The standard InChI is InChI=1S/C30H27N5O3S/c31-27(36)25-18-19-12-16-35(24-11-2-1-9-22(24)26(19)39-25)30(38)20-7-5-8-21(17-20)33-29(37)23-10-6-13-32-28(23)34-14-3-4-15-34/h1-2,5-11,13,17-18H,3-4,12,14-16H2,(H2,31,36)(H,33,37). The van der Waals surface area contributed by atoms with Crippen LogP contribution in [0, 0.1) is 0 Å². The van der Waals surface area contributed by atoms with Gasteiger partial charge in [0.05, 0.1) is 16.1 Å². The lowest BCUT2D eigenvalue weighted by Gasteiger charge is -2.23. The lowest BCUT2D eigenvalue weighted by Crippen LogP contribution is -2.32. The molecule has 9 heteroatoms. The van der Waals surface area contributed by atoms with Gasteiger partial charge in [-0.1, -0.05) is 24.3 Å². The van der Waals surface area contributed by atoms with Crippen molar-refractivity contribution in [3.63, 3.8) is 0 Å². The Morgan fingerprint density at radius 3 is 2.56 bits per heavy atom. The molecule has 3 amide bonds. The van der Waals surface area contributed by atoms with Gasteiger partial charge in [-0.3, -0.25) is 14.4 Å². The van der Waals surface area contributed by atoms with Crippen molar-refractivity contribution in [2.45, 2.75) is 19.3 Å². The maximum absolute atomic E-state index is 13.8. The number of nitrogens with one attached hydrogen (secondary N) is 1. The van der Waals surface area contributed by atoms with Crippen molar-refractivity contribution in [3.8, 4) is 10.4 Å². The summed E-state index contributed by atoms with van der Waals surface area (Å²) in [7, 11) is 0. The molecule has 39 heavy (non-hydrogen) atoms. The van der Waals surface area contributed by atoms with Gasteiger partial charge in [-0.2, -0.15) is 0 Å². The Hall–Kier alpha value is -4.50. The van der Waals surface area contributed by atoms with Crippen LogP contribution in [-0.4, -0.2) is 42.3 Å². The van der Waals surface area contributed by atoms with E-state index in [1.807, 2.05) is 30.3 Å². The molecule has 0 unspecified atom stereocenters. The van der Waals surface area contributed by atoms with Crippen molar-refractivity contribution < 1.29 is 14.4 Å². The fourth-order valence-electron chi connectivity index (χ4n) is 5.27. The average Bonchev–Trinajstić information content (AvgIpc) is 3.62. The lowest BCUT2D eigenvalue weighted by atomic mass is 10.1. The lowest BCUT2D eigenvalue weighted by molar-refractivity contribution is 0.0982. The van der Waals surface area contributed by atoms with E-state index in [1.165, 1.54) is 11.3 Å². The number of hydrogen-bond donors (Lipinski definition) is 2. The van der Waals surface area contributed by atoms with Crippen molar-refractivity contribution >= 4 is 46.3 Å². The van der Waals surface area contributed by atoms with Crippen LogP contribution < -0.4 is 20.9 Å². The molecule has 1 fully saturated rings. The number of para-hydroxylation sites is 1. The minimum absolute atomic E-state index is 0.164. The number of carbonyl (C=O) groups excluding carboxylic acids is 3. The molecule has 2 aliphatic rings. The van der Waals surface area contributed by atoms with E-state index in [0.29, 0.717) is 40.5 Å². The first-order valence-corrected chi connectivity index (χ1v) is 13.8. The topological polar surface area (TPSA) is 109 Å². The van der Waals surface area contributed by atoms with Crippen molar-refractivity contribution in [2.24, 2.45) is 5.73 Å². The smallest absolute Gasteiger partial charge is 0.259 e. The monoisotopic (exact) mass is 537 g/mol. The summed E-state index contributed by atoms with van der Waals surface area (Å²) in [5.41, 5.74) is 9.73. The zero-order valence-corrected chi connectivity index (χ0v) is 22.0. The van der Waals surface area contributed by atoms with Crippen LogP contribution in [0.5, 0.6) is 0 Å². The minimum Gasteiger partial charge on any atom is -0.365 e. The number of benzene rings is 2. The van der Waals surface area contributed by atoms with Gasteiger partial charge in [0.25, 0.3) is 17.7 Å². The first kappa shape index (κ1) is 24.8. The number of amides is 3. The van der Waals surface area contributed by atoms with Crippen LogP contribution in [0.15, 0.2) is 72.9 Å². The maximum atomic E-state index is 13.8. The van der Waals surface area contributed by atoms with Crippen LogP contribution in [0.25, 0.3) is 10.4 Å². The Labute approximate surface area is 230 Å². The number of aromatic nitrogens is 1. The Balaban J connectivity index is 1.27. The zero-order chi connectivity index (χ0) is 26.9. The van der Waals surface area contributed by atoms with Crippen molar-refractivity contribution in [2.75, 3.05) is 34.8 Å². The summed E-state index contributed by atoms with van der Waals surface area (Å²) in [5.74, 6) is -0.184. The van der Waals surface area contributed by atoms with E-state index in [2.05, 4.69) is 15.2 Å². The molecule has 0 spiro atoms. The number of anilines is 3. The summed E-state index contributed by atoms with van der Waals surface area (Å²) < 4.78 is 0. The number of nitrogens with two attached hydrogens (primary N) is 1. The van der Waals surface area contributed by atoms with Gasteiger partial charge in [-0.25, -0.2) is 4.98 Å². The molecule has 8 nitrogen and oxygen atoms in total. The van der Waals surface area contributed by atoms with Gasteiger partial charge in [0, 0.05) is 47.5 Å². The largest absolute Gasteiger partial charge is 0.365 e. The number of fused-ring (bicyclic) bond motifs is 3. The molecule has 196 valence electrons. The molecule has 0 bridgehead atoms. The van der Waals surface area contributed by atoms with Crippen LogP contribution in [0.1, 0.15) is 48.8 Å². The second-order valence-electron chi connectivity index (χ2n) is 9.66. The molecular weight excluding hydrogens is 510 g/mol. The molecule has 4 aromatic rings. The van der Waals surface area contributed by atoms with E-state index in [1.54, 1.807) is 47.5 Å².